The Morgan fingerprint density at radius 2 is 1.81 bits per heavy atom. The lowest BCUT2D eigenvalue weighted by molar-refractivity contribution is -0.147. The lowest BCUT2D eigenvalue weighted by Gasteiger charge is -2.31. The van der Waals surface area contributed by atoms with E-state index in [1.807, 2.05) is 0 Å². The van der Waals surface area contributed by atoms with Crippen LogP contribution in [-0.4, -0.2) is 41.1 Å². The number of aliphatic carboxylic acids is 1. The molecule has 1 aromatic carbocycles. The molecule has 0 saturated carbocycles. The molecule has 116 valence electrons. The van der Waals surface area contributed by atoms with Gasteiger partial charge in [0.25, 0.3) is 5.91 Å². The number of rotatable bonds is 7. The Hall–Kier alpha value is -2.04. The number of hydrogen-bond acceptors (Lipinski definition) is 3. The molecule has 1 amide bonds. The van der Waals surface area contributed by atoms with Crippen LogP contribution in [0.2, 0.25) is 0 Å². The third-order valence-electron chi connectivity index (χ3n) is 3.53. The second kappa shape index (κ2) is 7.11. The van der Waals surface area contributed by atoms with Crippen LogP contribution >= 0.6 is 0 Å². The molecule has 0 aliphatic heterocycles. The average Bonchev–Trinajstić information content (AvgIpc) is 2.46. The molecule has 0 atom stereocenters. The van der Waals surface area contributed by atoms with Crippen molar-refractivity contribution in [3.63, 3.8) is 0 Å². The molecule has 21 heavy (non-hydrogen) atoms. The van der Waals surface area contributed by atoms with Crippen LogP contribution < -0.4 is 4.74 Å². The van der Waals surface area contributed by atoms with Crippen LogP contribution in [0.4, 0.5) is 0 Å². The van der Waals surface area contributed by atoms with E-state index in [1.54, 1.807) is 24.3 Å². The van der Waals surface area contributed by atoms with Crippen LogP contribution in [0, 0.1) is 0 Å². The van der Waals surface area contributed by atoms with Gasteiger partial charge in [0.1, 0.15) is 11.3 Å². The normalized spacial score (nSPS) is 11.0. The zero-order valence-electron chi connectivity index (χ0n) is 13.0. The van der Waals surface area contributed by atoms with Crippen molar-refractivity contribution in [2.24, 2.45) is 0 Å². The van der Waals surface area contributed by atoms with E-state index in [9.17, 15) is 9.59 Å². The first-order chi connectivity index (χ1) is 9.80. The van der Waals surface area contributed by atoms with Gasteiger partial charge in [0.2, 0.25) is 0 Å². The Labute approximate surface area is 125 Å². The summed E-state index contributed by atoms with van der Waals surface area (Å²) in [7, 11) is 1.49. The molecule has 5 heteroatoms. The van der Waals surface area contributed by atoms with E-state index < -0.39 is 11.5 Å². The van der Waals surface area contributed by atoms with Gasteiger partial charge >= 0.3 is 5.97 Å². The smallest absolute Gasteiger partial charge is 0.329 e. The second-order valence-electron chi connectivity index (χ2n) is 5.45. The number of carbonyl (C=O) groups is 2. The lowest BCUT2D eigenvalue weighted by Crippen LogP contribution is -2.50. The number of nitrogens with zero attached hydrogens (tertiary/aromatic N) is 1. The summed E-state index contributed by atoms with van der Waals surface area (Å²) in [5.41, 5.74) is -0.817. The Bertz CT molecular complexity index is 494. The highest BCUT2D eigenvalue weighted by molar-refractivity contribution is 5.97. The SMILES string of the molecule is CCCCOc1ccc(C(=O)N(C)C(C)(C)C(=O)O)cc1. The fraction of sp³-hybridized carbons (Fsp3) is 0.500. The number of ether oxygens (including phenoxy) is 1. The molecule has 0 fully saturated rings. The van der Waals surface area contributed by atoms with Gasteiger partial charge in [-0.25, -0.2) is 4.79 Å². The van der Waals surface area contributed by atoms with E-state index in [0.717, 1.165) is 12.8 Å². The maximum Gasteiger partial charge on any atom is 0.329 e. The van der Waals surface area contributed by atoms with Crippen molar-refractivity contribution in [2.75, 3.05) is 13.7 Å². The molecule has 1 rings (SSSR count). The van der Waals surface area contributed by atoms with Crippen LogP contribution in [0.3, 0.4) is 0 Å². The van der Waals surface area contributed by atoms with Crippen LogP contribution in [0.1, 0.15) is 44.0 Å². The van der Waals surface area contributed by atoms with Crippen LogP contribution in [0.5, 0.6) is 5.75 Å². The molecule has 0 radical (unpaired) electrons. The minimum atomic E-state index is -1.26. The minimum absolute atomic E-state index is 0.331. The summed E-state index contributed by atoms with van der Waals surface area (Å²) in [5, 5.41) is 9.16. The standard InChI is InChI=1S/C16H23NO4/c1-5-6-11-21-13-9-7-12(8-10-13)14(18)17(4)16(2,3)15(19)20/h7-10H,5-6,11H2,1-4H3,(H,19,20). The predicted molar refractivity (Wildman–Crippen MR) is 80.7 cm³/mol. The van der Waals surface area contributed by atoms with Crippen molar-refractivity contribution < 1.29 is 19.4 Å². The van der Waals surface area contributed by atoms with Gasteiger partial charge in [-0.05, 0) is 44.5 Å². The fourth-order valence-corrected chi connectivity index (χ4v) is 1.62. The first-order valence-electron chi connectivity index (χ1n) is 7.05. The summed E-state index contributed by atoms with van der Waals surface area (Å²) in [4.78, 5) is 24.7. The molecular weight excluding hydrogens is 270 g/mol. The number of likely N-dealkylation sites (N-methyl/N-ethyl adjacent to an activating group) is 1. The molecular formula is C16H23NO4. The van der Waals surface area contributed by atoms with Gasteiger partial charge in [0.05, 0.1) is 6.61 Å². The van der Waals surface area contributed by atoms with Gasteiger partial charge in [0.15, 0.2) is 0 Å². The summed E-state index contributed by atoms with van der Waals surface area (Å²) in [6.45, 7) is 5.73. The van der Waals surface area contributed by atoms with Crippen molar-refractivity contribution in [1.29, 1.82) is 0 Å². The van der Waals surface area contributed by atoms with E-state index >= 15 is 0 Å². The number of carbonyl (C=O) groups excluding carboxylic acids is 1. The van der Waals surface area contributed by atoms with Gasteiger partial charge < -0.3 is 14.7 Å². The number of amides is 1. The van der Waals surface area contributed by atoms with Gasteiger partial charge in [0, 0.05) is 12.6 Å². The Morgan fingerprint density at radius 1 is 1.24 bits per heavy atom. The second-order valence-corrected chi connectivity index (χ2v) is 5.45. The Balaban J connectivity index is 2.77. The summed E-state index contributed by atoms with van der Waals surface area (Å²) < 4.78 is 5.53. The molecule has 0 aromatic heterocycles. The molecule has 0 saturated heterocycles. The van der Waals surface area contributed by atoms with E-state index in [1.165, 1.54) is 25.8 Å². The van der Waals surface area contributed by atoms with Crippen LogP contribution in [0.25, 0.3) is 0 Å². The zero-order valence-corrected chi connectivity index (χ0v) is 13.0. The molecule has 0 aliphatic carbocycles. The number of benzene rings is 1. The number of carboxylic acids is 1. The molecule has 1 aromatic rings. The van der Waals surface area contributed by atoms with E-state index in [2.05, 4.69) is 6.92 Å². The van der Waals surface area contributed by atoms with E-state index in [0.29, 0.717) is 17.9 Å². The maximum absolute atomic E-state index is 12.3. The largest absolute Gasteiger partial charge is 0.494 e. The van der Waals surface area contributed by atoms with Crippen LogP contribution in [-0.2, 0) is 4.79 Å². The molecule has 0 aliphatic rings. The third-order valence-corrected chi connectivity index (χ3v) is 3.53. The van der Waals surface area contributed by atoms with Crippen molar-refractivity contribution in [2.45, 2.75) is 39.2 Å². The minimum Gasteiger partial charge on any atom is -0.494 e. The van der Waals surface area contributed by atoms with Crippen molar-refractivity contribution in [3.8, 4) is 5.75 Å². The quantitative estimate of drug-likeness (QED) is 0.785. The van der Waals surface area contributed by atoms with Crippen molar-refractivity contribution in [3.05, 3.63) is 29.8 Å². The summed E-state index contributed by atoms with van der Waals surface area (Å²) in [6, 6.07) is 6.76. The lowest BCUT2D eigenvalue weighted by atomic mass is 10.0. The summed E-state index contributed by atoms with van der Waals surface area (Å²) in [5.74, 6) is -0.666. The van der Waals surface area contributed by atoms with Crippen molar-refractivity contribution >= 4 is 11.9 Å². The predicted octanol–water partition coefficient (Wildman–Crippen LogP) is 2.80. The Morgan fingerprint density at radius 3 is 2.29 bits per heavy atom. The molecule has 5 nitrogen and oxygen atoms in total. The maximum atomic E-state index is 12.3. The molecule has 0 spiro atoms. The highest BCUT2D eigenvalue weighted by Gasteiger charge is 2.35. The first kappa shape index (κ1) is 17.0. The summed E-state index contributed by atoms with van der Waals surface area (Å²) >= 11 is 0. The fourth-order valence-electron chi connectivity index (χ4n) is 1.62. The molecule has 0 heterocycles. The zero-order chi connectivity index (χ0) is 16.0. The molecule has 0 unspecified atom stereocenters. The van der Waals surface area contributed by atoms with Crippen molar-refractivity contribution in [1.82, 2.24) is 4.90 Å². The topological polar surface area (TPSA) is 66.8 Å². The van der Waals surface area contributed by atoms with E-state index in [-0.39, 0.29) is 5.91 Å². The van der Waals surface area contributed by atoms with E-state index in [4.69, 9.17) is 9.84 Å². The number of unbranched alkanes of at least 4 members (excludes halogenated alkanes) is 1. The summed E-state index contributed by atoms with van der Waals surface area (Å²) in [6.07, 6.45) is 2.04. The number of hydrogen-bond donors (Lipinski definition) is 1. The molecule has 0 bridgehead atoms. The van der Waals surface area contributed by atoms with Crippen LogP contribution in [0.15, 0.2) is 24.3 Å². The van der Waals surface area contributed by atoms with Gasteiger partial charge in [-0.15, -0.1) is 0 Å². The third kappa shape index (κ3) is 4.21. The van der Waals surface area contributed by atoms with Gasteiger partial charge in [-0.1, -0.05) is 13.3 Å². The molecule has 1 N–H and O–H groups in total. The first-order valence-corrected chi connectivity index (χ1v) is 7.05. The monoisotopic (exact) mass is 293 g/mol. The van der Waals surface area contributed by atoms with Gasteiger partial charge in [-0.3, -0.25) is 4.79 Å². The average molecular weight is 293 g/mol. The Kier molecular flexibility index (Phi) is 5.76. The van der Waals surface area contributed by atoms with Gasteiger partial charge in [-0.2, -0.15) is 0 Å². The highest BCUT2D eigenvalue weighted by Crippen LogP contribution is 2.18. The number of carboxylic acid groups (broad SMARTS) is 1. The highest BCUT2D eigenvalue weighted by atomic mass is 16.5.